The van der Waals surface area contributed by atoms with E-state index in [1.165, 1.54) is 16.9 Å². The summed E-state index contributed by atoms with van der Waals surface area (Å²) in [6.45, 7) is 8.03. The molecule has 1 amide bonds. The number of nitrogens with zero attached hydrogens (tertiary/aromatic N) is 3. The Morgan fingerprint density at radius 2 is 1.93 bits per heavy atom. The standard InChI is InChI=1S/C21H30N4OS/c1-15-11-25(13-17-7-5-4-6-8-17)12-16(2)20(15)24(3)21(26)18-14-27-19(23-18)9-10-22/h4-8,14-16,20H,9-13,22H2,1-3H3. The molecule has 1 aromatic carbocycles. The molecule has 0 aliphatic carbocycles. The Bertz CT molecular complexity index is 736. The van der Waals surface area contributed by atoms with Crippen molar-refractivity contribution in [1.82, 2.24) is 14.8 Å². The number of thiazole rings is 1. The molecule has 1 fully saturated rings. The predicted octanol–water partition coefficient (Wildman–Crippen LogP) is 2.87. The van der Waals surface area contributed by atoms with Gasteiger partial charge in [0.05, 0.1) is 5.01 Å². The van der Waals surface area contributed by atoms with Crippen molar-refractivity contribution in [3.8, 4) is 0 Å². The number of amides is 1. The predicted molar refractivity (Wildman–Crippen MR) is 111 cm³/mol. The smallest absolute Gasteiger partial charge is 0.273 e. The van der Waals surface area contributed by atoms with Crippen LogP contribution >= 0.6 is 11.3 Å². The molecule has 2 atom stereocenters. The maximum Gasteiger partial charge on any atom is 0.273 e. The molecule has 2 N–H and O–H groups in total. The summed E-state index contributed by atoms with van der Waals surface area (Å²) in [5.74, 6) is 0.844. The Morgan fingerprint density at radius 1 is 1.26 bits per heavy atom. The molecule has 2 unspecified atom stereocenters. The third kappa shape index (κ3) is 4.75. The first-order valence-corrected chi connectivity index (χ1v) is 10.6. The van der Waals surface area contributed by atoms with Crippen LogP contribution in [0, 0.1) is 11.8 Å². The summed E-state index contributed by atoms with van der Waals surface area (Å²) < 4.78 is 0. The zero-order valence-electron chi connectivity index (χ0n) is 16.5. The number of benzene rings is 1. The third-order valence-electron chi connectivity index (χ3n) is 5.40. The van der Waals surface area contributed by atoms with Crippen molar-refractivity contribution < 1.29 is 4.79 Å². The Hall–Kier alpha value is -1.76. The van der Waals surface area contributed by atoms with Crippen molar-refractivity contribution in [3.05, 3.63) is 52.0 Å². The van der Waals surface area contributed by atoms with Crippen LogP contribution < -0.4 is 5.73 Å². The Labute approximate surface area is 166 Å². The minimum atomic E-state index is 0.0229. The quantitative estimate of drug-likeness (QED) is 0.829. The van der Waals surface area contributed by atoms with E-state index in [9.17, 15) is 4.79 Å². The Morgan fingerprint density at radius 3 is 2.56 bits per heavy atom. The van der Waals surface area contributed by atoms with E-state index >= 15 is 0 Å². The summed E-state index contributed by atoms with van der Waals surface area (Å²) in [4.78, 5) is 21.8. The molecule has 1 aliphatic rings. The van der Waals surface area contributed by atoms with E-state index in [4.69, 9.17) is 5.73 Å². The van der Waals surface area contributed by atoms with Crippen LogP contribution in [-0.2, 0) is 13.0 Å². The first-order valence-electron chi connectivity index (χ1n) is 9.67. The van der Waals surface area contributed by atoms with Gasteiger partial charge in [-0.15, -0.1) is 11.3 Å². The highest BCUT2D eigenvalue weighted by atomic mass is 32.1. The molecule has 0 bridgehead atoms. The monoisotopic (exact) mass is 386 g/mol. The van der Waals surface area contributed by atoms with Crippen LogP contribution in [0.25, 0.3) is 0 Å². The SMILES string of the molecule is CC1CN(Cc2ccccc2)CC(C)C1N(C)C(=O)c1csc(CCN)n1. The molecule has 6 heteroatoms. The molecular weight excluding hydrogens is 356 g/mol. The molecule has 0 spiro atoms. The van der Waals surface area contributed by atoms with Crippen molar-refractivity contribution in [2.24, 2.45) is 17.6 Å². The molecule has 1 aromatic heterocycles. The lowest BCUT2D eigenvalue weighted by atomic mass is 9.84. The van der Waals surface area contributed by atoms with Gasteiger partial charge in [0.1, 0.15) is 5.69 Å². The van der Waals surface area contributed by atoms with E-state index in [-0.39, 0.29) is 11.9 Å². The highest BCUT2D eigenvalue weighted by Crippen LogP contribution is 2.28. The van der Waals surface area contributed by atoms with Crippen LogP contribution in [0.3, 0.4) is 0 Å². The highest BCUT2D eigenvalue weighted by molar-refractivity contribution is 7.09. The van der Waals surface area contributed by atoms with Crippen molar-refractivity contribution in [1.29, 1.82) is 0 Å². The minimum Gasteiger partial charge on any atom is -0.337 e. The molecular formula is C21H30N4OS. The average molecular weight is 387 g/mol. The van der Waals surface area contributed by atoms with Crippen molar-refractivity contribution >= 4 is 17.2 Å². The van der Waals surface area contributed by atoms with Gasteiger partial charge in [0.2, 0.25) is 0 Å². The fourth-order valence-corrected chi connectivity index (χ4v) is 5.15. The Balaban J connectivity index is 1.64. The topological polar surface area (TPSA) is 62.5 Å². The van der Waals surface area contributed by atoms with Gasteiger partial charge in [0.25, 0.3) is 5.91 Å². The fourth-order valence-electron chi connectivity index (χ4n) is 4.36. The van der Waals surface area contributed by atoms with E-state index in [1.54, 1.807) is 0 Å². The molecule has 1 aliphatic heterocycles. The summed E-state index contributed by atoms with van der Waals surface area (Å²) in [7, 11) is 1.93. The second-order valence-electron chi connectivity index (χ2n) is 7.71. The maximum atomic E-state index is 13.0. The Kier molecular flexibility index (Phi) is 6.63. The van der Waals surface area contributed by atoms with Gasteiger partial charge in [0, 0.05) is 44.5 Å². The first kappa shape index (κ1) is 20.0. The lowest BCUT2D eigenvalue weighted by Gasteiger charge is -2.45. The molecule has 1 saturated heterocycles. The summed E-state index contributed by atoms with van der Waals surface area (Å²) in [5, 5.41) is 2.80. The second-order valence-corrected chi connectivity index (χ2v) is 8.65. The molecule has 0 saturated carbocycles. The van der Waals surface area contributed by atoms with Crippen LogP contribution in [0.15, 0.2) is 35.7 Å². The summed E-state index contributed by atoms with van der Waals surface area (Å²) in [5.41, 5.74) is 7.49. The number of likely N-dealkylation sites (tertiary alicyclic amines) is 1. The van der Waals surface area contributed by atoms with Gasteiger partial charge in [-0.1, -0.05) is 44.2 Å². The molecule has 2 aromatic rings. The molecule has 5 nitrogen and oxygen atoms in total. The van der Waals surface area contributed by atoms with Crippen molar-refractivity contribution in [2.75, 3.05) is 26.7 Å². The number of aromatic nitrogens is 1. The van der Waals surface area contributed by atoms with Crippen LogP contribution in [0.4, 0.5) is 0 Å². The van der Waals surface area contributed by atoms with Crippen LogP contribution in [-0.4, -0.2) is 53.4 Å². The molecule has 27 heavy (non-hydrogen) atoms. The number of piperidine rings is 1. The number of hydrogen-bond donors (Lipinski definition) is 1. The highest BCUT2D eigenvalue weighted by Gasteiger charge is 2.37. The average Bonchev–Trinajstić information content (AvgIpc) is 3.10. The molecule has 2 heterocycles. The van der Waals surface area contributed by atoms with Gasteiger partial charge in [-0.3, -0.25) is 9.69 Å². The van der Waals surface area contributed by atoms with Crippen molar-refractivity contribution in [3.63, 3.8) is 0 Å². The van der Waals surface area contributed by atoms with Gasteiger partial charge in [-0.2, -0.15) is 0 Å². The van der Waals surface area contributed by atoms with E-state index < -0.39 is 0 Å². The van der Waals surface area contributed by atoms with Gasteiger partial charge >= 0.3 is 0 Å². The van der Waals surface area contributed by atoms with Gasteiger partial charge in [0.15, 0.2) is 0 Å². The summed E-state index contributed by atoms with van der Waals surface area (Å²) in [6.07, 6.45) is 0.729. The third-order valence-corrected chi connectivity index (χ3v) is 6.31. The molecule has 146 valence electrons. The summed E-state index contributed by atoms with van der Waals surface area (Å²) in [6, 6.07) is 10.8. The zero-order valence-corrected chi connectivity index (χ0v) is 17.3. The van der Waals surface area contributed by atoms with Gasteiger partial charge < -0.3 is 10.6 Å². The maximum absolute atomic E-state index is 13.0. The lowest BCUT2D eigenvalue weighted by Crippen LogP contribution is -2.55. The number of rotatable bonds is 6. The largest absolute Gasteiger partial charge is 0.337 e. The number of hydrogen-bond acceptors (Lipinski definition) is 5. The van der Waals surface area contributed by atoms with Crippen LogP contribution in [0.5, 0.6) is 0 Å². The van der Waals surface area contributed by atoms with E-state index in [2.05, 4.69) is 54.1 Å². The fraction of sp³-hybridized carbons (Fsp3) is 0.524. The van der Waals surface area contributed by atoms with E-state index in [1.807, 2.05) is 17.3 Å². The van der Waals surface area contributed by atoms with E-state index in [0.29, 0.717) is 24.1 Å². The van der Waals surface area contributed by atoms with Crippen LogP contribution in [0.2, 0.25) is 0 Å². The minimum absolute atomic E-state index is 0.0229. The normalized spacial score (nSPS) is 23.3. The zero-order chi connectivity index (χ0) is 19.4. The number of carbonyl (C=O) groups excluding carboxylic acids is 1. The van der Waals surface area contributed by atoms with Gasteiger partial charge in [-0.25, -0.2) is 4.98 Å². The van der Waals surface area contributed by atoms with Crippen molar-refractivity contribution in [2.45, 2.75) is 32.9 Å². The molecule has 0 radical (unpaired) electrons. The number of nitrogens with two attached hydrogens (primary N) is 1. The van der Waals surface area contributed by atoms with Crippen LogP contribution in [0.1, 0.15) is 34.9 Å². The van der Waals surface area contributed by atoms with Gasteiger partial charge in [-0.05, 0) is 23.9 Å². The second kappa shape index (κ2) is 8.95. The number of carbonyl (C=O) groups is 1. The molecule has 3 rings (SSSR count). The lowest BCUT2D eigenvalue weighted by molar-refractivity contribution is 0.0267. The first-order chi connectivity index (χ1) is 13.0. The summed E-state index contributed by atoms with van der Waals surface area (Å²) >= 11 is 1.52. The van der Waals surface area contributed by atoms with E-state index in [0.717, 1.165) is 31.1 Å².